The Kier molecular flexibility index (Phi) is 5.69. The Balaban J connectivity index is 1.91. The van der Waals surface area contributed by atoms with Crippen LogP contribution in [0, 0.1) is 0 Å². The molecule has 2 atom stereocenters. The average Bonchev–Trinajstić information content (AvgIpc) is 2.93. The molecule has 1 aliphatic heterocycles. The lowest BCUT2D eigenvalue weighted by molar-refractivity contribution is -0.150. The van der Waals surface area contributed by atoms with E-state index >= 15 is 0 Å². The van der Waals surface area contributed by atoms with Crippen molar-refractivity contribution >= 4 is 5.91 Å². The summed E-state index contributed by atoms with van der Waals surface area (Å²) in [6.07, 6.45) is 3.04. The second-order valence-corrected chi connectivity index (χ2v) is 5.31. The highest BCUT2D eigenvalue weighted by Crippen LogP contribution is 2.20. The first kappa shape index (κ1) is 15.9. The molecule has 0 aromatic carbocycles. The summed E-state index contributed by atoms with van der Waals surface area (Å²) in [6, 6.07) is 0. The summed E-state index contributed by atoms with van der Waals surface area (Å²) in [4.78, 5) is 14.2. The number of amides is 1. The third-order valence-electron chi connectivity index (χ3n) is 3.63. The van der Waals surface area contributed by atoms with E-state index in [4.69, 9.17) is 9.47 Å². The number of aromatic nitrogens is 3. The van der Waals surface area contributed by atoms with Gasteiger partial charge in [-0.3, -0.25) is 4.79 Å². The van der Waals surface area contributed by atoms with Gasteiger partial charge in [0.1, 0.15) is 18.5 Å². The smallest absolute Gasteiger partial charge is 0.251 e. The quantitative estimate of drug-likeness (QED) is 0.730. The molecule has 1 fully saturated rings. The van der Waals surface area contributed by atoms with Crippen molar-refractivity contribution in [1.82, 2.24) is 19.7 Å². The number of hydrogen-bond acceptors (Lipinski definition) is 5. The largest absolute Gasteiger partial charge is 0.369 e. The molecule has 2 heterocycles. The van der Waals surface area contributed by atoms with Gasteiger partial charge in [0.2, 0.25) is 0 Å². The molecule has 0 aliphatic carbocycles. The van der Waals surface area contributed by atoms with Crippen molar-refractivity contribution in [3.05, 3.63) is 12.2 Å². The van der Waals surface area contributed by atoms with E-state index in [1.54, 1.807) is 11.2 Å². The Bertz CT molecular complexity index is 463. The van der Waals surface area contributed by atoms with Gasteiger partial charge in [0.05, 0.1) is 13.2 Å². The number of nitrogens with zero attached hydrogens (tertiary/aromatic N) is 4. The van der Waals surface area contributed by atoms with Gasteiger partial charge in [0.25, 0.3) is 5.91 Å². The SMILES string of the molecule is CCCCO[C@@H](C)C(=O)N1CCO[C@H](c2nncn2C)C1. The molecule has 118 valence electrons. The van der Waals surface area contributed by atoms with Crippen LogP contribution in [0.3, 0.4) is 0 Å². The van der Waals surface area contributed by atoms with Crippen molar-refractivity contribution in [3.63, 3.8) is 0 Å². The molecule has 1 saturated heterocycles. The summed E-state index contributed by atoms with van der Waals surface area (Å²) in [7, 11) is 1.87. The maximum absolute atomic E-state index is 12.4. The molecule has 0 N–H and O–H groups in total. The first-order valence-electron chi connectivity index (χ1n) is 7.49. The van der Waals surface area contributed by atoms with Gasteiger partial charge in [-0.2, -0.15) is 0 Å². The van der Waals surface area contributed by atoms with Gasteiger partial charge in [0.15, 0.2) is 5.82 Å². The van der Waals surface area contributed by atoms with Gasteiger partial charge in [-0.05, 0) is 13.3 Å². The molecule has 7 nitrogen and oxygen atoms in total. The number of ether oxygens (including phenoxy) is 2. The van der Waals surface area contributed by atoms with E-state index in [9.17, 15) is 4.79 Å². The van der Waals surface area contributed by atoms with E-state index in [0.717, 1.165) is 18.7 Å². The van der Waals surface area contributed by atoms with Crippen LogP contribution in [0.2, 0.25) is 0 Å². The number of carbonyl (C=O) groups excluding carboxylic acids is 1. The fourth-order valence-corrected chi connectivity index (χ4v) is 2.32. The third-order valence-corrected chi connectivity index (χ3v) is 3.63. The summed E-state index contributed by atoms with van der Waals surface area (Å²) in [6.45, 7) is 6.13. The summed E-state index contributed by atoms with van der Waals surface area (Å²) < 4.78 is 13.1. The minimum atomic E-state index is -0.408. The van der Waals surface area contributed by atoms with Crippen molar-refractivity contribution in [2.45, 2.75) is 38.9 Å². The van der Waals surface area contributed by atoms with Crippen LogP contribution in [0.25, 0.3) is 0 Å². The predicted octanol–water partition coefficient (Wildman–Crippen LogP) is 0.920. The second kappa shape index (κ2) is 7.51. The van der Waals surface area contributed by atoms with Crippen molar-refractivity contribution in [3.8, 4) is 0 Å². The highest BCUT2D eigenvalue weighted by molar-refractivity contribution is 5.80. The summed E-state index contributed by atoms with van der Waals surface area (Å²) in [5.41, 5.74) is 0. The summed E-state index contributed by atoms with van der Waals surface area (Å²) >= 11 is 0. The van der Waals surface area contributed by atoms with Gasteiger partial charge in [-0.15, -0.1) is 10.2 Å². The van der Waals surface area contributed by atoms with E-state index in [0.29, 0.717) is 26.3 Å². The van der Waals surface area contributed by atoms with Crippen LogP contribution in [0.5, 0.6) is 0 Å². The molecule has 7 heteroatoms. The molecule has 21 heavy (non-hydrogen) atoms. The van der Waals surface area contributed by atoms with Crippen molar-refractivity contribution in [2.75, 3.05) is 26.3 Å². The van der Waals surface area contributed by atoms with Crippen LogP contribution in [-0.2, 0) is 21.3 Å². The van der Waals surface area contributed by atoms with Crippen LogP contribution >= 0.6 is 0 Å². The number of unbranched alkanes of at least 4 members (excludes halogenated alkanes) is 1. The van der Waals surface area contributed by atoms with Crippen LogP contribution in [0.1, 0.15) is 38.6 Å². The van der Waals surface area contributed by atoms with Crippen LogP contribution in [0.4, 0.5) is 0 Å². The molecule has 0 bridgehead atoms. The molecule has 0 spiro atoms. The van der Waals surface area contributed by atoms with Gasteiger partial charge in [-0.1, -0.05) is 13.3 Å². The summed E-state index contributed by atoms with van der Waals surface area (Å²) in [5, 5.41) is 7.91. The molecule has 1 aromatic rings. The molecule has 0 saturated carbocycles. The van der Waals surface area contributed by atoms with E-state index in [-0.39, 0.29) is 12.0 Å². The van der Waals surface area contributed by atoms with Crippen LogP contribution < -0.4 is 0 Å². The molecular formula is C14H24N4O3. The minimum Gasteiger partial charge on any atom is -0.369 e. The lowest BCUT2D eigenvalue weighted by atomic mass is 10.2. The Hall–Kier alpha value is -1.47. The van der Waals surface area contributed by atoms with E-state index in [1.807, 2.05) is 18.5 Å². The first-order chi connectivity index (χ1) is 10.1. The number of carbonyl (C=O) groups is 1. The highest BCUT2D eigenvalue weighted by Gasteiger charge is 2.30. The normalized spacial score (nSPS) is 20.5. The Morgan fingerprint density at radius 1 is 1.62 bits per heavy atom. The molecular weight excluding hydrogens is 272 g/mol. The zero-order chi connectivity index (χ0) is 15.2. The molecule has 0 unspecified atom stereocenters. The zero-order valence-corrected chi connectivity index (χ0v) is 13.0. The van der Waals surface area contributed by atoms with Gasteiger partial charge in [-0.25, -0.2) is 0 Å². The Morgan fingerprint density at radius 3 is 3.10 bits per heavy atom. The lowest BCUT2D eigenvalue weighted by Gasteiger charge is -2.33. The maximum Gasteiger partial charge on any atom is 0.251 e. The third kappa shape index (κ3) is 4.01. The summed E-state index contributed by atoms with van der Waals surface area (Å²) in [5.74, 6) is 0.758. The molecule has 0 radical (unpaired) electrons. The van der Waals surface area contributed by atoms with Crippen LogP contribution in [-0.4, -0.2) is 58.0 Å². The fourth-order valence-electron chi connectivity index (χ4n) is 2.32. The number of rotatable bonds is 6. The Labute approximate surface area is 125 Å². The fraction of sp³-hybridized carbons (Fsp3) is 0.786. The van der Waals surface area contributed by atoms with E-state index in [2.05, 4.69) is 17.1 Å². The monoisotopic (exact) mass is 296 g/mol. The van der Waals surface area contributed by atoms with Crippen molar-refractivity contribution in [1.29, 1.82) is 0 Å². The topological polar surface area (TPSA) is 69.5 Å². The molecule has 1 aromatic heterocycles. The first-order valence-corrected chi connectivity index (χ1v) is 7.49. The van der Waals surface area contributed by atoms with E-state index < -0.39 is 6.10 Å². The standard InChI is InChI=1S/C14H24N4O3/c1-4-5-7-20-11(2)14(19)18-6-8-21-12(9-18)13-16-15-10-17(13)3/h10-12H,4-9H2,1-3H3/t11-,12-/m0/s1. The van der Waals surface area contributed by atoms with E-state index in [1.165, 1.54) is 0 Å². The van der Waals surface area contributed by atoms with Gasteiger partial charge >= 0.3 is 0 Å². The van der Waals surface area contributed by atoms with Crippen molar-refractivity contribution < 1.29 is 14.3 Å². The van der Waals surface area contributed by atoms with Gasteiger partial charge in [0, 0.05) is 20.2 Å². The number of aryl methyl sites for hydroxylation is 1. The van der Waals surface area contributed by atoms with Crippen molar-refractivity contribution in [2.24, 2.45) is 7.05 Å². The number of morpholine rings is 1. The molecule has 2 rings (SSSR count). The second-order valence-electron chi connectivity index (χ2n) is 5.31. The molecule has 1 amide bonds. The number of hydrogen-bond donors (Lipinski definition) is 0. The minimum absolute atomic E-state index is 0.0153. The van der Waals surface area contributed by atoms with Crippen LogP contribution in [0.15, 0.2) is 6.33 Å². The lowest BCUT2D eigenvalue weighted by Crippen LogP contribution is -2.47. The molecule has 1 aliphatic rings. The zero-order valence-electron chi connectivity index (χ0n) is 13.0. The average molecular weight is 296 g/mol. The predicted molar refractivity (Wildman–Crippen MR) is 76.6 cm³/mol. The van der Waals surface area contributed by atoms with Gasteiger partial charge < -0.3 is 18.9 Å². The highest BCUT2D eigenvalue weighted by atomic mass is 16.5. The maximum atomic E-state index is 12.4. The Morgan fingerprint density at radius 2 is 2.43 bits per heavy atom.